The molecule has 1 N–H and O–H groups in total. The van der Waals surface area contributed by atoms with E-state index in [1.807, 2.05) is 12.1 Å². The minimum absolute atomic E-state index is 0.272. The van der Waals surface area contributed by atoms with Gasteiger partial charge in [0.2, 0.25) is 0 Å². The second-order valence-corrected chi connectivity index (χ2v) is 7.48. The van der Waals surface area contributed by atoms with E-state index in [4.69, 9.17) is 10.5 Å². The first-order valence-corrected chi connectivity index (χ1v) is 7.61. The molecule has 0 spiro atoms. The Bertz CT molecular complexity index is 657. The van der Waals surface area contributed by atoms with Crippen molar-refractivity contribution in [2.24, 2.45) is 16.7 Å². The Balaban J connectivity index is 1.91. The first kappa shape index (κ1) is 14.0. The van der Waals surface area contributed by atoms with Gasteiger partial charge >= 0.3 is 0 Å². The van der Waals surface area contributed by atoms with Crippen molar-refractivity contribution in [3.63, 3.8) is 0 Å². The molecule has 2 aliphatic rings. The van der Waals surface area contributed by atoms with Gasteiger partial charge in [-0.05, 0) is 54.2 Å². The molecule has 3 atom stereocenters. The van der Waals surface area contributed by atoms with Gasteiger partial charge < -0.3 is 5.32 Å². The van der Waals surface area contributed by atoms with Crippen LogP contribution in [0.2, 0.25) is 0 Å². The molecule has 1 aromatic carbocycles. The van der Waals surface area contributed by atoms with Crippen LogP contribution in [0.3, 0.4) is 0 Å². The summed E-state index contributed by atoms with van der Waals surface area (Å²) in [4.78, 5) is 0. The fourth-order valence-electron chi connectivity index (χ4n) is 4.65. The highest BCUT2D eigenvalue weighted by molar-refractivity contribution is 5.57. The Labute approximate surface area is 126 Å². The number of nitriles is 2. The number of fused-ring (bicyclic) bond motifs is 2. The third-order valence-corrected chi connectivity index (χ3v) is 5.84. The molecule has 21 heavy (non-hydrogen) atoms. The van der Waals surface area contributed by atoms with E-state index in [9.17, 15) is 0 Å². The number of nitrogens with zero attached hydrogens (tertiary/aromatic N) is 2. The normalized spacial score (nSPS) is 32.4. The molecule has 2 fully saturated rings. The number of benzene rings is 1. The molecule has 1 aromatic rings. The van der Waals surface area contributed by atoms with Crippen LogP contribution in [0.25, 0.3) is 0 Å². The quantitative estimate of drug-likeness (QED) is 0.888. The Morgan fingerprint density at radius 2 is 1.86 bits per heavy atom. The molecule has 0 saturated heterocycles. The number of hydrogen-bond acceptors (Lipinski definition) is 3. The summed E-state index contributed by atoms with van der Waals surface area (Å²) in [6.45, 7) is 7.09. The van der Waals surface area contributed by atoms with E-state index in [2.05, 4.69) is 38.2 Å². The largest absolute Gasteiger partial charge is 0.381 e. The Morgan fingerprint density at radius 3 is 2.43 bits per heavy atom. The molecule has 3 rings (SSSR count). The second-order valence-electron chi connectivity index (χ2n) is 7.48. The van der Waals surface area contributed by atoms with E-state index >= 15 is 0 Å². The smallest absolute Gasteiger partial charge is 0.101 e. The van der Waals surface area contributed by atoms with Gasteiger partial charge in [0.15, 0.2) is 0 Å². The first-order valence-electron chi connectivity index (χ1n) is 7.61. The monoisotopic (exact) mass is 279 g/mol. The second kappa shape index (κ2) is 4.50. The average Bonchev–Trinajstić information content (AvgIpc) is 2.94. The van der Waals surface area contributed by atoms with Crippen LogP contribution in [0.5, 0.6) is 0 Å². The van der Waals surface area contributed by atoms with Gasteiger partial charge in [0, 0.05) is 11.7 Å². The molecular weight excluding hydrogens is 258 g/mol. The fraction of sp³-hybridized carbons (Fsp3) is 0.556. The zero-order chi connectivity index (χ0) is 15.3. The van der Waals surface area contributed by atoms with E-state index in [1.54, 1.807) is 6.07 Å². The molecule has 0 heterocycles. The van der Waals surface area contributed by atoms with Crippen molar-refractivity contribution in [1.82, 2.24) is 0 Å². The summed E-state index contributed by atoms with van der Waals surface area (Å²) in [5.41, 5.74) is 2.47. The fourth-order valence-corrected chi connectivity index (χ4v) is 4.65. The van der Waals surface area contributed by atoms with Gasteiger partial charge in [-0.1, -0.05) is 20.8 Å². The molecule has 3 nitrogen and oxygen atoms in total. The van der Waals surface area contributed by atoms with Crippen LogP contribution in [-0.2, 0) is 0 Å². The van der Waals surface area contributed by atoms with Gasteiger partial charge in [0.1, 0.15) is 12.1 Å². The van der Waals surface area contributed by atoms with Crippen LogP contribution in [-0.4, -0.2) is 6.04 Å². The van der Waals surface area contributed by atoms with E-state index < -0.39 is 0 Å². The van der Waals surface area contributed by atoms with Gasteiger partial charge in [-0.25, -0.2) is 0 Å². The number of nitrogens with one attached hydrogen (secondary N) is 1. The Kier molecular flexibility index (Phi) is 2.99. The summed E-state index contributed by atoms with van der Waals surface area (Å²) >= 11 is 0. The highest BCUT2D eigenvalue weighted by Gasteiger charge is 2.59. The lowest BCUT2D eigenvalue weighted by molar-refractivity contribution is 0.155. The third kappa shape index (κ3) is 2.00. The first-order chi connectivity index (χ1) is 9.90. The summed E-state index contributed by atoms with van der Waals surface area (Å²) in [5, 5.41) is 21.8. The van der Waals surface area contributed by atoms with Crippen molar-refractivity contribution in [2.45, 2.75) is 46.1 Å². The molecule has 0 radical (unpaired) electrons. The van der Waals surface area contributed by atoms with Gasteiger partial charge in [-0.2, -0.15) is 10.5 Å². The van der Waals surface area contributed by atoms with E-state index in [0.29, 0.717) is 22.6 Å². The highest BCUT2D eigenvalue weighted by atomic mass is 15.0. The number of hydrogen-bond donors (Lipinski definition) is 1. The topological polar surface area (TPSA) is 59.6 Å². The van der Waals surface area contributed by atoms with Gasteiger partial charge in [0.25, 0.3) is 0 Å². The van der Waals surface area contributed by atoms with Crippen molar-refractivity contribution in [3.05, 3.63) is 29.3 Å². The van der Waals surface area contributed by atoms with Crippen molar-refractivity contribution >= 4 is 5.69 Å². The molecule has 0 amide bonds. The number of rotatable bonds is 2. The number of anilines is 1. The standard InChI is InChI=1S/C18H21N3/c1-17(2)14-6-7-18(3,9-14)16(17)21-15-5-4-12(10-19)13(8-15)11-20/h4-5,8,14,16,21H,6-7,9H2,1-3H3. The minimum atomic E-state index is 0.272. The SMILES string of the molecule is CC12CCC(C1)C(C)(C)C2Nc1ccc(C#N)c(C#N)c1. The van der Waals surface area contributed by atoms with Crippen molar-refractivity contribution in [2.75, 3.05) is 5.32 Å². The van der Waals surface area contributed by atoms with Crippen LogP contribution in [0, 0.1) is 39.4 Å². The molecule has 0 aromatic heterocycles. The lowest BCUT2D eigenvalue weighted by Crippen LogP contribution is -2.45. The molecule has 0 aliphatic heterocycles. The van der Waals surface area contributed by atoms with Gasteiger partial charge in [-0.15, -0.1) is 0 Å². The molecular formula is C18H21N3. The van der Waals surface area contributed by atoms with E-state index in [0.717, 1.165) is 11.6 Å². The molecule has 2 aliphatic carbocycles. The maximum Gasteiger partial charge on any atom is 0.101 e. The van der Waals surface area contributed by atoms with Crippen LogP contribution < -0.4 is 5.32 Å². The maximum absolute atomic E-state index is 9.16. The molecule has 3 heteroatoms. The molecule has 3 unspecified atom stereocenters. The van der Waals surface area contributed by atoms with Crippen molar-refractivity contribution < 1.29 is 0 Å². The van der Waals surface area contributed by atoms with Crippen molar-refractivity contribution in [3.8, 4) is 12.1 Å². The summed E-state index contributed by atoms with van der Waals surface area (Å²) in [7, 11) is 0. The predicted molar refractivity (Wildman–Crippen MR) is 82.5 cm³/mol. The Morgan fingerprint density at radius 1 is 1.14 bits per heavy atom. The summed E-state index contributed by atoms with van der Waals surface area (Å²) in [5.74, 6) is 0.786. The Hall–Kier alpha value is -2.00. The van der Waals surface area contributed by atoms with Crippen LogP contribution in [0.4, 0.5) is 5.69 Å². The maximum atomic E-state index is 9.16. The van der Waals surface area contributed by atoms with E-state index in [-0.39, 0.29) is 5.41 Å². The summed E-state index contributed by atoms with van der Waals surface area (Å²) < 4.78 is 0. The van der Waals surface area contributed by atoms with Crippen LogP contribution in [0.1, 0.15) is 51.2 Å². The zero-order valence-corrected chi connectivity index (χ0v) is 12.9. The molecule has 108 valence electrons. The average molecular weight is 279 g/mol. The molecule has 2 bridgehead atoms. The summed E-state index contributed by atoms with van der Waals surface area (Å²) in [6, 6.07) is 10.1. The highest BCUT2D eigenvalue weighted by Crippen LogP contribution is 2.63. The third-order valence-electron chi connectivity index (χ3n) is 5.84. The molecule has 2 saturated carbocycles. The van der Waals surface area contributed by atoms with Crippen LogP contribution in [0.15, 0.2) is 18.2 Å². The van der Waals surface area contributed by atoms with Gasteiger partial charge in [-0.3, -0.25) is 0 Å². The lowest BCUT2D eigenvalue weighted by Gasteiger charge is -2.43. The predicted octanol–water partition coefficient (Wildman–Crippen LogP) is 4.06. The van der Waals surface area contributed by atoms with Crippen LogP contribution >= 0.6 is 0 Å². The van der Waals surface area contributed by atoms with Gasteiger partial charge in [0.05, 0.1) is 11.1 Å². The minimum Gasteiger partial charge on any atom is -0.381 e. The van der Waals surface area contributed by atoms with Crippen molar-refractivity contribution in [1.29, 1.82) is 10.5 Å². The van der Waals surface area contributed by atoms with E-state index in [1.165, 1.54) is 19.3 Å². The summed E-state index contributed by atoms with van der Waals surface area (Å²) in [6.07, 6.45) is 3.90. The lowest BCUT2D eigenvalue weighted by atomic mass is 9.68. The zero-order valence-electron chi connectivity index (χ0n) is 12.9.